The fourth-order valence-electron chi connectivity index (χ4n) is 2.61. The van der Waals surface area contributed by atoms with Gasteiger partial charge in [0.05, 0.1) is 6.10 Å². The molecule has 0 unspecified atom stereocenters. The average Bonchev–Trinajstić information content (AvgIpc) is 2.34. The summed E-state index contributed by atoms with van der Waals surface area (Å²) in [7, 11) is 2.20. The van der Waals surface area contributed by atoms with E-state index in [0.29, 0.717) is 0 Å². The highest BCUT2D eigenvalue weighted by Crippen LogP contribution is 2.20. The molecule has 0 saturated carbocycles. The molecule has 2 fully saturated rings. The monoisotopic (exact) mass is 228 g/mol. The van der Waals surface area contributed by atoms with Crippen LogP contribution in [0.4, 0.5) is 0 Å². The summed E-state index contributed by atoms with van der Waals surface area (Å²) < 4.78 is 0. The van der Waals surface area contributed by atoms with Gasteiger partial charge in [-0.1, -0.05) is 13.8 Å². The number of hydrogen-bond acceptors (Lipinski definition) is 3. The lowest BCUT2D eigenvalue weighted by atomic mass is 9.99. The molecule has 0 bridgehead atoms. The fraction of sp³-hybridized carbons (Fsp3) is 1.00. The molecule has 0 radical (unpaired) electrons. The molecule has 3 nitrogen and oxygen atoms in total. The number of nitrogens with zero attached hydrogens (tertiary/aromatic N) is 2. The van der Waals surface area contributed by atoms with E-state index in [9.17, 15) is 5.11 Å². The summed E-state index contributed by atoms with van der Waals surface area (Å²) in [5.41, 5.74) is 0. The summed E-state index contributed by atoms with van der Waals surface area (Å²) >= 11 is 0. The Morgan fingerprint density at radius 1 is 0.875 bits per heavy atom. The second-order valence-electron chi connectivity index (χ2n) is 4.80. The van der Waals surface area contributed by atoms with Crippen molar-refractivity contribution in [3.63, 3.8) is 0 Å². The topological polar surface area (TPSA) is 26.7 Å². The predicted molar refractivity (Wildman–Crippen MR) is 68.7 cm³/mol. The van der Waals surface area contributed by atoms with Gasteiger partial charge in [0, 0.05) is 19.1 Å². The molecule has 2 rings (SSSR count). The van der Waals surface area contributed by atoms with E-state index in [2.05, 4.69) is 16.8 Å². The Kier molecular flexibility index (Phi) is 6.32. The van der Waals surface area contributed by atoms with Crippen LogP contribution in [0.15, 0.2) is 0 Å². The maximum absolute atomic E-state index is 9.43. The fourth-order valence-corrected chi connectivity index (χ4v) is 2.61. The smallest absolute Gasteiger partial charge is 0.0564 e. The standard InChI is InChI=1S/C11H22N2O.C2H6/c1-12-6-2-10(3-7-12)13-8-4-11(14)5-9-13;1-2/h10-11,14H,2-9H2,1H3;1-2H3. The third kappa shape index (κ3) is 4.04. The highest BCUT2D eigenvalue weighted by Gasteiger charge is 2.26. The second-order valence-corrected chi connectivity index (χ2v) is 4.80. The van der Waals surface area contributed by atoms with Crippen LogP contribution in [0.1, 0.15) is 39.5 Å². The molecule has 96 valence electrons. The van der Waals surface area contributed by atoms with Crippen LogP contribution in [0.25, 0.3) is 0 Å². The average molecular weight is 228 g/mol. The van der Waals surface area contributed by atoms with Gasteiger partial charge in [-0.05, 0) is 45.8 Å². The van der Waals surface area contributed by atoms with Crippen molar-refractivity contribution in [1.82, 2.24) is 9.80 Å². The van der Waals surface area contributed by atoms with Crippen molar-refractivity contribution in [1.29, 1.82) is 0 Å². The van der Waals surface area contributed by atoms with Crippen molar-refractivity contribution in [2.45, 2.75) is 51.7 Å². The molecule has 1 N–H and O–H groups in total. The van der Waals surface area contributed by atoms with E-state index in [-0.39, 0.29) is 6.10 Å². The van der Waals surface area contributed by atoms with Crippen LogP contribution >= 0.6 is 0 Å². The normalized spacial score (nSPS) is 26.2. The zero-order chi connectivity index (χ0) is 12.0. The van der Waals surface area contributed by atoms with Crippen molar-refractivity contribution in [2.24, 2.45) is 0 Å². The maximum atomic E-state index is 9.43. The Labute approximate surface area is 100 Å². The summed E-state index contributed by atoms with van der Waals surface area (Å²) in [5.74, 6) is 0. The first kappa shape index (κ1) is 13.9. The Balaban J connectivity index is 0.000000606. The molecule has 0 atom stereocenters. The van der Waals surface area contributed by atoms with Gasteiger partial charge in [0.1, 0.15) is 0 Å². The van der Waals surface area contributed by atoms with Crippen molar-refractivity contribution < 1.29 is 5.11 Å². The largest absolute Gasteiger partial charge is 0.393 e. The highest BCUT2D eigenvalue weighted by atomic mass is 16.3. The first-order valence-corrected chi connectivity index (χ1v) is 6.86. The van der Waals surface area contributed by atoms with Crippen LogP contribution < -0.4 is 0 Å². The summed E-state index contributed by atoms with van der Waals surface area (Å²) in [6.45, 7) is 8.69. The lowest BCUT2D eigenvalue weighted by Crippen LogP contribution is -2.47. The molecule has 0 aliphatic carbocycles. The predicted octanol–water partition coefficient (Wildman–Crippen LogP) is 1.56. The first-order valence-electron chi connectivity index (χ1n) is 6.86. The molecule has 0 spiro atoms. The molecular formula is C13H28N2O. The van der Waals surface area contributed by atoms with E-state index in [1.807, 2.05) is 13.8 Å². The Hall–Kier alpha value is -0.120. The maximum Gasteiger partial charge on any atom is 0.0564 e. The van der Waals surface area contributed by atoms with Crippen molar-refractivity contribution in [3.8, 4) is 0 Å². The highest BCUT2D eigenvalue weighted by molar-refractivity contribution is 4.82. The Bertz CT molecular complexity index is 151. The minimum absolute atomic E-state index is 0.0301. The lowest BCUT2D eigenvalue weighted by Gasteiger charge is -2.40. The van der Waals surface area contributed by atoms with Crippen LogP contribution in [0.3, 0.4) is 0 Å². The molecule has 0 aromatic heterocycles. The van der Waals surface area contributed by atoms with E-state index in [4.69, 9.17) is 0 Å². The zero-order valence-corrected chi connectivity index (χ0v) is 11.2. The number of rotatable bonds is 1. The Morgan fingerprint density at radius 2 is 1.38 bits per heavy atom. The van der Waals surface area contributed by atoms with Gasteiger partial charge in [0.2, 0.25) is 0 Å². The van der Waals surface area contributed by atoms with Crippen LogP contribution in [0.2, 0.25) is 0 Å². The lowest BCUT2D eigenvalue weighted by molar-refractivity contribution is 0.0419. The van der Waals surface area contributed by atoms with Crippen LogP contribution in [0.5, 0.6) is 0 Å². The molecule has 2 aliphatic heterocycles. The van der Waals surface area contributed by atoms with Gasteiger partial charge >= 0.3 is 0 Å². The van der Waals surface area contributed by atoms with Crippen molar-refractivity contribution >= 4 is 0 Å². The molecular weight excluding hydrogens is 200 g/mol. The number of piperidine rings is 2. The number of aliphatic hydroxyl groups is 1. The first-order chi connectivity index (χ1) is 7.75. The van der Waals surface area contributed by atoms with Gasteiger partial charge in [-0.15, -0.1) is 0 Å². The quantitative estimate of drug-likeness (QED) is 0.738. The molecule has 2 aliphatic rings. The van der Waals surface area contributed by atoms with Gasteiger partial charge in [-0.3, -0.25) is 0 Å². The van der Waals surface area contributed by atoms with Crippen LogP contribution in [0, 0.1) is 0 Å². The van der Waals surface area contributed by atoms with Gasteiger partial charge in [-0.2, -0.15) is 0 Å². The van der Waals surface area contributed by atoms with Gasteiger partial charge in [-0.25, -0.2) is 0 Å². The second kappa shape index (κ2) is 7.25. The molecule has 16 heavy (non-hydrogen) atoms. The summed E-state index contributed by atoms with van der Waals surface area (Å²) in [4.78, 5) is 5.00. The van der Waals surface area contributed by atoms with Crippen LogP contribution in [-0.4, -0.2) is 60.3 Å². The molecule has 0 amide bonds. The molecule has 0 aromatic rings. The molecule has 2 saturated heterocycles. The number of aliphatic hydroxyl groups excluding tert-OH is 1. The van der Waals surface area contributed by atoms with E-state index in [1.54, 1.807) is 0 Å². The van der Waals surface area contributed by atoms with Crippen molar-refractivity contribution in [2.75, 3.05) is 33.2 Å². The van der Waals surface area contributed by atoms with Crippen LogP contribution in [-0.2, 0) is 0 Å². The van der Waals surface area contributed by atoms with E-state index < -0.39 is 0 Å². The molecule has 0 aromatic carbocycles. The third-order valence-electron chi connectivity index (χ3n) is 3.70. The van der Waals surface area contributed by atoms with Gasteiger partial charge in [0.15, 0.2) is 0 Å². The molecule has 3 heteroatoms. The van der Waals surface area contributed by atoms with E-state index in [1.165, 1.54) is 25.9 Å². The van der Waals surface area contributed by atoms with E-state index in [0.717, 1.165) is 32.0 Å². The number of hydrogen-bond donors (Lipinski definition) is 1. The number of likely N-dealkylation sites (tertiary alicyclic amines) is 2. The van der Waals surface area contributed by atoms with E-state index >= 15 is 0 Å². The van der Waals surface area contributed by atoms with Gasteiger partial charge < -0.3 is 14.9 Å². The Morgan fingerprint density at radius 3 is 1.88 bits per heavy atom. The minimum Gasteiger partial charge on any atom is -0.393 e. The minimum atomic E-state index is -0.0301. The SMILES string of the molecule is CC.CN1CCC(N2CCC(O)CC2)CC1. The van der Waals surface area contributed by atoms with Crippen molar-refractivity contribution in [3.05, 3.63) is 0 Å². The summed E-state index contributed by atoms with van der Waals surface area (Å²) in [6.07, 6.45) is 4.55. The zero-order valence-electron chi connectivity index (χ0n) is 11.2. The summed E-state index contributed by atoms with van der Waals surface area (Å²) in [6, 6.07) is 0.790. The van der Waals surface area contributed by atoms with Gasteiger partial charge in [0.25, 0.3) is 0 Å². The third-order valence-corrected chi connectivity index (χ3v) is 3.70. The summed E-state index contributed by atoms with van der Waals surface area (Å²) in [5, 5.41) is 9.43. The molecule has 2 heterocycles.